The predicted molar refractivity (Wildman–Crippen MR) is 166 cm³/mol. The molecule has 8 heteroatoms. The number of unbranched alkanes of at least 4 members (excludes halogenated alkanes) is 1. The van der Waals surface area contributed by atoms with Gasteiger partial charge in [0, 0.05) is 36.3 Å². The van der Waals surface area contributed by atoms with Crippen molar-refractivity contribution < 1.29 is 9.84 Å². The lowest BCUT2D eigenvalue weighted by atomic mass is 10.1. The van der Waals surface area contributed by atoms with Crippen LogP contribution in [0.25, 0.3) is 21.9 Å². The zero-order chi connectivity index (χ0) is 28.5. The smallest absolute Gasteiger partial charge is 0.222 e. The molecule has 3 aromatic carbocycles. The maximum atomic E-state index is 7.57. The summed E-state index contributed by atoms with van der Waals surface area (Å²) in [6, 6.07) is 23.1. The number of aryl methyl sites for hydroxylation is 1. The van der Waals surface area contributed by atoms with Crippen LogP contribution in [0.2, 0.25) is 0 Å². The highest BCUT2D eigenvalue weighted by Crippen LogP contribution is 2.34. The number of aliphatic hydroxyl groups excluding tert-OH is 1. The van der Waals surface area contributed by atoms with Crippen molar-refractivity contribution in [3.8, 4) is 5.75 Å². The summed E-state index contributed by atoms with van der Waals surface area (Å²) in [5.74, 6) is 1.89. The zero-order valence-electron chi connectivity index (χ0n) is 23.9. The molecule has 0 amide bonds. The molecule has 0 atom stereocenters. The van der Waals surface area contributed by atoms with Crippen LogP contribution >= 0.6 is 0 Å². The molecule has 0 radical (unpaired) electrons. The zero-order valence-corrected chi connectivity index (χ0v) is 23.9. The quantitative estimate of drug-likeness (QED) is 0.153. The number of nitrogen functional groups attached to an aromatic ring is 1. The first kappa shape index (κ1) is 28.7. The number of nitrogens with one attached hydrogen (secondary N) is 2. The van der Waals surface area contributed by atoms with E-state index in [0.29, 0.717) is 6.54 Å². The summed E-state index contributed by atoms with van der Waals surface area (Å²) >= 11 is 0. The van der Waals surface area contributed by atoms with Gasteiger partial charge in [-0.1, -0.05) is 55.3 Å². The van der Waals surface area contributed by atoms with E-state index in [1.165, 1.54) is 11.1 Å². The maximum Gasteiger partial charge on any atom is 0.222 e. The van der Waals surface area contributed by atoms with Gasteiger partial charge in [-0.25, -0.2) is 4.98 Å². The van der Waals surface area contributed by atoms with Gasteiger partial charge in [-0.2, -0.15) is 4.98 Å². The number of para-hydroxylation sites is 1. The molecule has 8 nitrogen and oxygen atoms in total. The molecule has 0 unspecified atom stereocenters. The first-order chi connectivity index (χ1) is 19.5. The molecule has 0 spiro atoms. The number of anilines is 3. The number of fused-ring (bicyclic) bond motifs is 3. The van der Waals surface area contributed by atoms with Crippen molar-refractivity contribution in [3.05, 3.63) is 83.4 Å². The topological polar surface area (TPSA) is 110 Å². The first-order valence-corrected chi connectivity index (χ1v) is 13.8. The molecule has 0 aliphatic heterocycles. The number of aliphatic hydroxyl groups is 1. The average molecular weight is 541 g/mol. The van der Waals surface area contributed by atoms with E-state index in [-0.39, 0.29) is 12.6 Å². The number of aromatic nitrogens is 3. The molecular weight excluding hydrogens is 500 g/mol. The van der Waals surface area contributed by atoms with Crippen LogP contribution in [-0.4, -0.2) is 39.9 Å². The van der Waals surface area contributed by atoms with Crippen molar-refractivity contribution >= 4 is 39.4 Å². The van der Waals surface area contributed by atoms with Gasteiger partial charge in [-0.05, 0) is 56.2 Å². The lowest BCUT2D eigenvalue weighted by Crippen LogP contribution is -2.10. The van der Waals surface area contributed by atoms with E-state index in [1.807, 2.05) is 12.1 Å². The van der Waals surface area contributed by atoms with Crippen LogP contribution in [0, 0.1) is 6.92 Å². The second-order valence-corrected chi connectivity index (χ2v) is 9.69. The van der Waals surface area contributed by atoms with Crippen LogP contribution in [0.15, 0.2) is 66.7 Å². The van der Waals surface area contributed by atoms with Crippen LogP contribution in [0.5, 0.6) is 5.75 Å². The first-order valence-electron chi connectivity index (χ1n) is 13.8. The Morgan fingerprint density at radius 1 is 0.975 bits per heavy atom. The van der Waals surface area contributed by atoms with Gasteiger partial charge in [0.15, 0.2) is 5.82 Å². The van der Waals surface area contributed by atoms with Gasteiger partial charge in [0.2, 0.25) is 5.95 Å². The van der Waals surface area contributed by atoms with Gasteiger partial charge in [0.1, 0.15) is 16.8 Å². The Hall–Kier alpha value is -4.30. The van der Waals surface area contributed by atoms with E-state index in [2.05, 4.69) is 93.6 Å². The highest BCUT2D eigenvalue weighted by Gasteiger charge is 2.19. The number of nitrogens with two attached hydrogens (primary N) is 1. The summed E-state index contributed by atoms with van der Waals surface area (Å²) < 4.78 is 8.05. The molecular formula is C32H40N6O2. The van der Waals surface area contributed by atoms with E-state index in [1.54, 1.807) is 14.0 Å². The molecule has 5 rings (SSSR count). The van der Waals surface area contributed by atoms with Gasteiger partial charge in [-0.3, -0.25) is 0 Å². The second-order valence-electron chi connectivity index (χ2n) is 9.69. The minimum absolute atomic E-state index is 0.250. The van der Waals surface area contributed by atoms with E-state index in [0.717, 1.165) is 70.7 Å². The highest BCUT2D eigenvalue weighted by molar-refractivity contribution is 6.09. The normalized spacial score (nSPS) is 10.8. The minimum atomic E-state index is 0.250. The van der Waals surface area contributed by atoms with Gasteiger partial charge in [0.05, 0.1) is 19.2 Å². The third-order valence-electron chi connectivity index (χ3n) is 6.67. The van der Waals surface area contributed by atoms with Crippen molar-refractivity contribution in [3.63, 3.8) is 0 Å². The molecule has 2 aromatic heterocycles. The Kier molecular flexibility index (Phi) is 9.81. The van der Waals surface area contributed by atoms with Crippen molar-refractivity contribution in [2.75, 3.05) is 36.6 Å². The molecule has 0 aliphatic rings. The summed E-state index contributed by atoms with van der Waals surface area (Å²) in [5.41, 5.74) is 13.7. The lowest BCUT2D eigenvalue weighted by Gasteiger charge is -2.16. The minimum Gasteiger partial charge on any atom is -0.496 e. The standard InChI is InChI=1S/C30H34N6O.C2H6O/c1-4-5-16-32-29-28-27(34-30(31)35-29)24-8-6-7-9-25(24)36(28)19-22-17-21(12-15-26(22)37-3)18-33-23-13-10-20(2)11-14-23;1-2-3/h6-15,17,33H,4-5,16,18-19H2,1-3H3,(H3,31,32,34,35);3H,2H2,1H3. The number of nitrogens with zero attached hydrogens (tertiary/aromatic N) is 3. The molecule has 0 bridgehead atoms. The maximum absolute atomic E-state index is 7.57. The molecule has 0 saturated heterocycles. The molecule has 5 N–H and O–H groups in total. The number of methoxy groups -OCH3 is 1. The van der Waals surface area contributed by atoms with Crippen molar-refractivity contribution in [2.45, 2.75) is 46.7 Å². The largest absolute Gasteiger partial charge is 0.496 e. The molecule has 0 fully saturated rings. The van der Waals surface area contributed by atoms with Gasteiger partial charge in [-0.15, -0.1) is 0 Å². The van der Waals surface area contributed by atoms with E-state index in [4.69, 9.17) is 15.6 Å². The van der Waals surface area contributed by atoms with Gasteiger partial charge in [0.25, 0.3) is 0 Å². The fraction of sp³-hybridized carbons (Fsp3) is 0.312. The third kappa shape index (κ3) is 6.63. The monoisotopic (exact) mass is 540 g/mol. The Labute approximate surface area is 236 Å². The second kappa shape index (κ2) is 13.7. The molecule has 0 saturated carbocycles. The van der Waals surface area contributed by atoms with Gasteiger partial charge < -0.3 is 30.8 Å². The fourth-order valence-electron chi connectivity index (χ4n) is 4.73. The number of benzene rings is 3. The summed E-state index contributed by atoms with van der Waals surface area (Å²) in [4.78, 5) is 9.24. The van der Waals surface area contributed by atoms with E-state index in [9.17, 15) is 0 Å². The lowest BCUT2D eigenvalue weighted by molar-refractivity contribution is 0.318. The summed E-state index contributed by atoms with van der Waals surface area (Å²) in [5, 5.41) is 15.7. The Bertz CT molecular complexity index is 1550. The number of hydrogen-bond donors (Lipinski definition) is 4. The Balaban J connectivity index is 0.00000118. The highest BCUT2D eigenvalue weighted by atomic mass is 16.5. The van der Waals surface area contributed by atoms with Crippen LogP contribution in [0.3, 0.4) is 0 Å². The van der Waals surface area contributed by atoms with Crippen molar-refractivity contribution in [1.82, 2.24) is 14.5 Å². The summed E-state index contributed by atoms with van der Waals surface area (Å²) in [6.07, 6.45) is 2.15. The van der Waals surface area contributed by atoms with Gasteiger partial charge >= 0.3 is 0 Å². The van der Waals surface area contributed by atoms with Crippen LogP contribution in [0.1, 0.15) is 43.4 Å². The Morgan fingerprint density at radius 3 is 2.45 bits per heavy atom. The van der Waals surface area contributed by atoms with Crippen molar-refractivity contribution in [2.24, 2.45) is 0 Å². The molecule has 210 valence electrons. The number of ether oxygens (including phenoxy) is 1. The van der Waals surface area contributed by atoms with Crippen LogP contribution in [0.4, 0.5) is 17.5 Å². The number of hydrogen-bond acceptors (Lipinski definition) is 7. The molecule has 40 heavy (non-hydrogen) atoms. The van der Waals surface area contributed by atoms with E-state index >= 15 is 0 Å². The number of rotatable bonds is 10. The van der Waals surface area contributed by atoms with Crippen LogP contribution in [-0.2, 0) is 13.1 Å². The Morgan fingerprint density at radius 2 is 1.73 bits per heavy atom. The summed E-state index contributed by atoms with van der Waals surface area (Å²) in [6.45, 7) is 8.36. The SMILES string of the molecule is CCCCNc1nc(N)nc2c3ccccc3n(Cc3cc(CNc4ccc(C)cc4)ccc3OC)c12.CCO. The third-order valence-corrected chi connectivity index (χ3v) is 6.67. The molecule has 5 aromatic rings. The summed E-state index contributed by atoms with van der Waals surface area (Å²) in [7, 11) is 1.72. The molecule has 0 aliphatic carbocycles. The fourth-order valence-corrected chi connectivity index (χ4v) is 4.73. The predicted octanol–water partition coefficient (Wildman–Crippen LogP) is 6.35. The van der Waals surface area contributed by atoms with Crippen molar-refractivity contribution in [1.29, 1.82) is 0 Å². The average Bonchev–Trinajstić information content (AvgIpc) is 3.26. The van der Waals surface area contributed by atoms with Crippen LogP contribution < -0.4 is 21.1 Å². The van der Waals surface area contributed by atoms with E-state index < -0.39 is 0 Å². The molecule has 2 heterocycles.